The molecule has 0 aliphatic carbocycles. The van der Waals surface area contributed by atoms with Gasteiger partial charge in [0.25, 0.3) is 11.8 Å². The Bertz CT molecular complexity index is 1490. The number of morpholine rings is 1. The summed E-state index contributed by atoms with van der Waals surface area (Å²) in [6.07, 6.45) is 6.92. The lowest BCUT2D eigenvalue weighted by Crippen LogP contribution is -2.54. The molecule has 4 aromatic rings. The molecule has 1 aliphatic rings. The van der Waals surface area contributed by atoms with E-state index in [0.717, 1.165) is 17.7 Å². The first-order chi connectivity index (χ1) is 18.2. The zero-order chi connectivity index (χ0) is 26.9. The molecule has 2 amide bonds. The molecular weight excluding hydrogens is 486 g/mol. The number of hydrogen-bond donors (Lipinski definition) is 2. The maximum Gasteiger partial charge on any atom is 0.294 e. The van der Waals surface area contributed by atoms with Gasteiger partial charge in [-0.2, -0.15) is 5.10 Å². The lowest BCUT2D eigenvalue weighted by atomic mass is 10.0. The van der Waals surface area contributed by atoms with E-state index in [4.69, 9.17) is 4.74 Å². The van der Waals surface area contributed by atoms with E-state index < -0.39 is 5.91 Å². The van der Waals surface area contributed by atoms with Gasteiger partial charge < -0.3 is 15.4 Å². The van der Waals surface area contributed by atoms with Gasteiger partial charge in [-0.3, -0.25) is 28.6 Å². The van der Waals surface area contributed by atoms with Crippen LogP contribution in [0.4, 0.5) is 5.69 Å². The molecule has 38 heavy (non-hydrogen) atoms. The maximum atomic E-state index is 13.1. The molecule has 0 spiro atoms. The average Bonchev–Trinajstić information content (AvgIpc) is 3.52. The minimum absolute atomic E-state index is 0.0714. The number of hydrogen-bond acceptors (Lipinski definition) is 8. The summed E-state index contributed by atoms with van der Waals surface area (Å²) in [5, 5.41) is 18.2. The van der Waals surface area contributed by atoms with Crippen molar-refractivity contribution in [2.75, 3.05) is 38.2 Å². The molecule has 1 aliphatic heterocycles. The number of ether oxygens (including phenoxy) is 1. The highest BCUT2D eigenvalue weighted by Crippen LogP contribution is 2.21. The summed E-state index contributed by atoms with van der Waals surface area (Å²) in [7, 11) is 1.85. The molecule has 0 bridgehead atoms. The summed E-state index contributed by atoms with van der Waals surface area (Å²) in [6, 6.07) is 5.34. The van der Waals surface area contributed by atoms with Crippen LogP contribution in [0.25, 0.3) is 16.8 Å². The number of rotatable bonds is 7. The van der Waals surface area contributed by atoms with Crippen LogP contribution in [0, 0.1) is 6.92 Å². The summed E-state index contributed by atoms with van der Waals surface area (Å²) >= 11 is 0. The number of carbonyl (C=O) groups excluding carboxylic acids is 2. The van der Waals surface area contributed by atoms with E-state index in [1.165, 1.54) is 6.20 Å². The fourth-order valence-corrected chi connectivity index (χ4v) is 4.47. The predicted octanol–water partition coefficient (Wildman–Crippen LogP) is 1.93. The van der Waals surface area contributed by atoms with Crippen LogP contribution in [0.2, 0.25) is 0 Å². The lowest BCUT2D eigenvalue weighted by molar-refractivity contribution is -0.0498. The minimum Gasteiger partial charge on any atom is -0.378 e. The summed E-state index contributed by atoms with van der Waals surface area (Å²) < 4.78 is 8.89. The van der Waals surface area contributed by atoms with Crippen LogP contribution in [0.15, 0.2) is 43.0 Å². The fraction of sp³-hybridized carbons (Fsp3) is 0.385. The molecule has 0 saturated carbocycles. The second-order valence-electron chi connectivity index (χ2n) is 9.99. The Hall–Kier alpha value is -4.16. The van der Waals surface area contributed by atoms with E-state index in [9.17, 15) is 9.59 Å². The molecular formula is C26H31N9O3. The Morgan fingerprint density at radius 2 is 1.97 bits per heavy atom. The molecule has 198 valence electrons. The maximum absolute atomic E-state index is 13.1. The number of pyridine rings is 2. The third-order valence-electron chi connectivity index (χ3n) is 6.73. The minimum atomic E-state index is -0.455. The second-order valence-corrected chi connectivity index (χ2v) is 9.99. The van der Waals surface area contributed by atoms with Crippen LogP contribution < -0.4 is 10.6 Å². The monoisotopic (exact) mass is 517 g/mol. The fourth-order valence-electron chi connectivity index (χ4n) is 4.47. The Morgan fingerprint density at radius 3 is 2.74 bits per heavy atom. The first-order valence-electron chi connectivity index (χ1n) is 12.4. The van der Waals surface area contributed by atoms with Gasteiger partial charge in [0.1, 0.15) is 0 Å². The third-order valence-corrected chi connectivity index (χ3v) is 6.73. The molecule has 1 saturated heterocycles. The molecule has 0 unspecified atom stereocenters. The van der Waals surface area contributed by atoms with Crippen molar-refractivity contribution in [2.45, 2.75) is 26.3 Å². The molecule has 0 radical (unpaired) electrons. The zero-order valence-corrected chi connectivity index (χ0v) is 21.9. The summed E-state index contributed by atoms with van der Waals surface area (Å²) in [6.45, 7) is 9.41. The number of aryl methyl sites for hydroxylation is 2. The van der Waals surface area contributed by atoms with Gasteiger partial charge in [-0.05, 0) is 44.5 Å². The van der Waals surface area contributed by atoms with Crippen LogP contribution in [0.1, 0.15) is 40.5 Å². The van der Waals surface area contributed by atoms with Crippen molar-refractivity contribution in [1.29, 1.82) is 0 Å². The Kier molecular flexibility index (Phi) is 6.91. The van der Waals surface area contributed by atoms with Crippen molar-refractivity contribution in [3.05, 3.63) is 60.1 Å². The van der Waals surface area contributed by atoms with Gasteiger partial charge in [-0.25, -0.2) is 0 Å². The van der Waals surface area contributed by atoms with E-state index >= 15 is 0 Å². The van der Waals surface area contributed by atoms with E-state index in [0.29, 0.717) is 48.9 Å². The van der Waals surface area contributed by atoms with Crippen LogP contribution in [-0.4, -0.2) is 84.5 Å². The van der Waals surface area contributed by atoms with Gasteiger partial charge in [0.15, 0.2) is 5.65 Å². The first kappa shape index (κ1) is 25.5. The van der Waals surface area contributed by atoms with E-state index in [-0.39, 0.29) is 17.3 Å². The number of nitrogens with zero attached hydrogens (tertiary/aromatic N) is 7. The molecule has 0 aromatic carbocycles. The third kappa shape index (κ3) is 5.27. The topological polar surface area (TPSA) is 132 Å². The van der Waals surface area contributed by atoms with Crippen molar-refractivity contribution in [3.63, 3.8) is 0 Å². The number of aromatic nitrogens is 6. The van der Waals surface area contributed by atoms with E-state index in [2.05, 4.69) is 49.7 Å². The largest absolute Gasteiger partial charge is 0.378 e. The van der Waals surface area contributed by atoms with Crippen LogP contribution >= 0.6 is 0 Å². The SMILES string of the molecule is Cc1ncc(C(=O)NCCN2CCOCC2(C)C)cc1NC(=O)c1nnc2cc(-c3cnn(C)c3)ccn12. The standard InChI is InChI=1S/C26H31N9O3/c1-17-21(11-19(13-28-17)24(36)27-6-8-34-9-10-38-16-26(34,2)3)30-25(37)23-32-31-22-12-18(5-7-35(22)23)20-14-29-33(4)15-20/h5,7,11-15H,6,8-10,16H2,1-4H3,(H,27,36)(H,30,37). The highest BCUT2D eigenvalue weighted by atomic mass is 16.5. The Morgan fingerprint density at radius 1 is 1.13 bits per heavy atom. The molecule has 4 aromatic heterocycles. The van der Waals surface area contributed by atoms with Crippen LogP contribution in [-0.2, 0) is 11.8 Å². The number of nitrogens with one attached hydrogen (secondary N) is 2. The predicted molar refractivity (Wildman–Crippen MR) is 141 cm³/mol. The van der Waals surface area contributed by atoms with Crippen molar-refractivity contribution in [3.8, 4) is 11.1 Å². The summed E-state index contributed by atoms with van der Waals surface area (Å²) in [4.78, 5) is 32.5. The normalized spacial score (nSPS) is 15.5. The highest BCUT2D eigenvalue weighted by molar-refractivity contribution is 6.03. The van der Waals surface area contributed by atoms with Crippen molar-refractivity contribution < 1.29 is 14.3 Å². The lowest BCUT2D eigenvalue weighted by Gasteiger charge is -2.42. The van der Waals surface area contributed by atoms with Gasteiger partial charge in [0.05, 0.1) is 36.4 Å². The molecule has 1 fully saturated rings. The summed E-state index contributed by atoms with van der Waals surface area (Å²) in [5.74, 6) is -0.585. The average molecular weight is 518 g/mol. The van der Waals surface area contributed by atoms with Crippen molar-refractivity contribution in [1.82, 2.24) is 39.6 Å². The van der Waals surface area contributed by atoms with Crippen molar-refractivity contribution >= 4 is 23.1 Å². The van der Waals surface area contributed by atoms with Gasteiger partial charge in [-0.1, -0.05) is 0 Å². The van der Waals surface area contributed by atoms with Crippen LogP contribution in [0.3, 0.4) is 0 Å². The Balaban J connectivity index is 1.26. The molecule has 2 N–H and O–H groups in total. The smallest absolute Gasteiger partial charge is 0.294 e. The van der Waals surface area contributed by atoms with Crippen molar-refractivity contribution in [2.24, 2.45) is 7.05 Å². The quantitative estimate of drug-likeness (QED) is 0.380. The molecule has 0 atom stereocenters. The zero-order valence-electron chi connectivity index (χ0n) is 21.9. The van der Waals surface area contributed by atoms with Gasteiger partial charge >= 0.3 is 0 Å². The molecule has 5 heterocycles. The number of anilines is 1. The number of fused-ring (bicyclic) bond motifs is 1. The van der Waals surface area contributed by atoms with Gasteiger partial charge in [0, 0.05) is 56.4 Å². The number of carbonyl (C=O) groups is 2. The Labute approximate surface area is 220 Å². The molecule has 12 heteroatoms. The first-order valence-corrected chi connectivity index (χ1v) is 12.4. The van der Waals surface area contributed by atoms with E-state index in [1.54, 1.807) is 34.5 Å². The van der Waals surface area contributed by atoms with Crippen LogP contribution in [0.5, 0.6) is 0 Å². The number of amides is 2. The molecule has 5 rings (SSSR count). The highest BCUT2D eigenvalue weighted by Gasteiger charge is 2.30. The molecule has 12 nitrogen and oxygen atoms in total. The van der Waals surface area contributed by atoms with Gasteiger partial charge in [0.2, 0.25) is 5.82 Å². The second kappa shape index (κ2) is 10.3. The summed E-state index contributed by atoms with van der Waals surface area (Å²) in [5.41, 5.74) is 3.69. The van der Waals surface area contributed by atoms with Gasteiger partial charge in [-0.15, -0.1) is 10.2 Å². The van der Waals surface area contributed by atoms with E-state index in [1.807, 2.05) is 25.4 Å².